The minimum atomic E-state index is -0.326. The lowest BCUT2D eigenvalue weighted by Crippen LogP contribution is -2.54. The largest absolute Gasteiger partial charge is 0.494 e. The van der Waals surface area contributed by atoms with Crippen molar-refractivity contribution in [1.82, 2.24) is 10.6 Å². The van der Waals surface area contributed by atoms with E-state index in [0.29, 0.717) is 27.8 Å². The van der Waals surface area contributed by atoms with Crippen molar-refractivity contribution in [2.24, 2.45) is 0 Å². The number of halogens is 2. The van der Waals surface area contributed by atoms with Crippen LogP contribution in [0.2, 0.25) is 10.0 Å². The van der Waals surface area contributed by atoms with Crippen molar-refractivity contribution >= 4 is 58.2 Å². The first-order valence-corrected chi connectivity index (χ1v) is 13.6. The van der Waals surface area contributed by atoms with E-state index in [-0.39, 0.29) is 12.6 Å². The number of hydrogen-bond acceptors (Lipinski definition) is 6. The van der Waals surface area contributed by atoms with Crippen LogP contribution in [-0.2, 0) is 6.54 Å². The fraction of sp³-hybridized carbons (Fsp3) is 0.296. The molecule has 1 aliphatic heterocycles. The van der Waals surface area contributed by atoms with E-state index < -0.39 is 0 Å². The van der Waals surface area contributed by atoms with Crippen LogP contribution in [0.15, 0.2) is 65.6 Å². The number of ether oxygens (including phenoxy) is 1. The summed E-state index contributed by atoms with van der Waals surface area (Å²) in [4.78, 5) is 15.7. The van der Waals surface area contributed by atoms with Crippen LogP contribution >= 0.6 is 35.1 Å². The van der Waals surface area contributed by atoms with Gasteiger partial charge in [0, 0.05) is 54.1 Å². The standard InChI is InChI=1S/C27H31Cl2N5O2S/c1-17-15-34(16-18(2)31-17)21-9-12-24(25(13-21)36-3)33-37-22-10-7-20(8-11-22)32-27(35)30-14-19-5-4-6-23(28)26(19)29/h4-13,17-18,31,33H,14-16H2,1-3H3,(H2,30,32,35)/t17-,18+. The second-order valence-electron chi connectivity index (χ2n) is 9.01. The molecule has 4 rings (SSSR count). The molecule has 1 saturated heterocycles. The average molecular weight is 561 g/mol. The fourth-order valence-corrected chi connectivity index (χ4v) is 5.31. The molecule has 0 spiro atoms. The molecule has 3 aromatic rings. The number of benzene rings is 3. The molecule has 10 heteroatoms. The zero-order chi connectivity index (χ0) is 26.4. The van der Waals surface area contributed by atoms with Gasteiger partial charge in [-0.25, -0.2) is 4.79 Å². The first-order valence-electron chi connectivity index (χ1n) is 12.0. The second kappa shape index (κ2) is 12.6. The maximum atomic E-state index is 12.3. The summed E-state index contributed by atoms with van der Waals surface area (Å²) in [6, 6.07) is 19.7. The predicted molar refractivity (Wildman–Crippen MR) is 156 cm³/mol. The van der Waals surface area contributed by atoms with Gasteiger partial charge in [0.2, 0.25) is 0 Å². The van der Waals surface area contributed by atoms with E-state index in [1.54, 1.807) is 19.2 Å². The third-order valence-electron chi connectivity index (χ3n) is 5.97. The van der Waals surface area contributed by atoms with Crippen LogP contribution in [0.4, 0.5) is 21.9 Å². The normalized spacial score (nSPS) is 17.3. The number of rotatable bonds is 8. The molecule has 4 N–H and O–H groups in total. The van der Waals surface area contributed by atoms with Crippen molar-refractivity contribution < 1.29 is 9.53 Å². The van der Waals surface area contributed by atoms with E-state index in [9.17, 15) is 4.79 Å². The molecule has 196 valence electrons. The van der Waals surface area contributed by atoms with Crippen molar-refractivity contribution in [1.29, 1.82) is 0 Å². The maximum Gasteiger partial charge on any atom is 0.319 e. The number of urea groups is 1. The van der Waals surface area contributed by atoms with Crippen LogP contribution in [0.1, 0.15) is 19.4 Å². The minimum absolute atomic E-state index is 0.274. The predicted octanol–water partition coefficient (Wildman–Crippen LogP) is 6.63. The number of hydrogen-bond donors (Lipinski definition) is 4. The van der Waals surface area contributed by atoms with Gasteiger partial charge in [-0.05, 0) is 73.8 Å². The summed E-state index contributed by atoms with van der Waals surface area (Å²) in [6.07, 6.45) is 0. The maximum absolute atomic E-state index is 12.3. The number of carbonyl (C=O) groups excluding carboxylic acids is 1. The third-order valence-corrected chi connectivity index (χ3v) is 7.66. The van der Waals surface area contributed by atoms with Crippen LogP contribution in [0.25, 0.3) is 0 Å². The number of carbonyl (C=O) groups is 1. The number of piperazine rings is 1. The monoisotopic (exact) mass is 559 g/mol. The molecular formula is C27H31Cl2N5O2S. The highest BCUT2D eigenvalue weighted by Crippen LogP contribution is 2.34. The summed E-state index contributed by atoms with van der Waals surface area (Å²) >= 11 is 13.7. The van der Waals surface area contributed by atoms with Gasteiger partial charge >= 0.3 is 6.03 Å². The lowest BCUT2D eigenvalue weighted by Gasteiger charge is -2.37. The molecule has 0 unspecified atom stereocenters. The van der Waals surface area contributed by atoms with Gasteiger partial charge in [-0.3, -0.25) is 0 Å². The van der Waals surface area contributed by atoms with Gasteiger partial charge in [-0.1, -0.05) is 35.3 Å². The van der Waals surface area contributed by atoms with Gasteiger partial charge in [-0.15, -0.1) is 0 Å². The Kier molecular flexibility index (Phi) is 9.32. The molecular weight excluding hydrogens is 529 g/mol. The Morgan fingerprint density at radius 1 is 1.08 bits per heavy atom. The number of amides is 2. The fourth-order valence-electron chi connectivity index (χ4n) is 4.25. The molecule has 7 nitrogen and oxygen atoms in total. The number of anilines is 3. The van der Waals surface area contributed by atoms with Crippen LogP contribution < -0.4 is 30.3 Å². The summed E-state index contributed by atoms with van der Waals surface area (Å²) in [5.41, 5.74) is 3.48. The smallest absolute Gasteiger partial charge is 0.319 e. The Morgan fingerprint density at radius 3 is 2.51 bits per heavy atom. The summed E-state index contributed by atoms with van der Waals surface area (Å²) < 4.78 is 9.04. The van der Waals surface area contributed by atoms with Gasteiger partial charge in [0.15, 0.2) is 0 Å². The van der Waals surface area contributed by atoms with Crippen LogP contribution in [0, 0.1) is 0 Å². The molecule has 2 amide bonds. The molecule has 37 heavy (non-hydrogen) atoms. The van der Waals surface area contributed by atoms with E-state index in [2.05, 4.69) is 51.6 Å². The minimum Gasteiger partial charge on any atom is -0.494 e. The Morgan fingerprint density at radius 2 is 1.81 bits per heavy atom. The number of nitrogens with zero attached hydrogens (tertiary/aromatic N) is 1. The van der Waals surface area contributed by atoms with Crippen molar-refractivity contribution in [2.75, 3.05) is 35.1 Å². The van der Waals surface area contributed by atoms with Crippen molar-refractivity contribution in [2.45, 2.75) is 37.4 Å². The highest BCUT2D eigenvalue weighted by atomic mass is 35.5. The Labute approximate surface area is 232 Å². The van der Waals surface area contributed by atoms with Crippen LogP contribution in [0.5, 0.6) is 5.75 Å². The average Bonchev–Trinajstić information content (AvgIpc) is 2.88. The van der Waals surface area contributed by atoms with Crippen molar-refractivity contribution in [3.63, 3.8) is 0 Å². The third kappa shape index (κ3) is 7.38. The Hall–Kier alpha value is -2.78. The Bertz CT molecular complexity index is 1220. The molecule has 0 radical (unpaired) electrons. The van der Waals surface area contributed by atoms with Crippen molar-refractivity contribution in [3.05, 3.63) is 76.3 Å². The first kappa shape index (κ1) is 27.3. The molecule has 0 saturated carbocycles. The lowest BCUT2D eigenvalue weighted by atomic mass is 10.1. The SMILES string of the molecule is COc1cc(N2C[C@@H](C)N[C@@H](C)C2)ccc1NSc1ccc(NC(=O)NCc2cccc(Cl)c2Cl)cc1. The van der Waals surface area contributed by atoms with Gasteiger partial charge in [0.1, 0.15) is 5.75 Å². The highest BCUT2D eigenvalue weighted by Gasteiger charge is 2.22. The lowest BCUT2D eigenvalue weighted by molar-refractivity contribution is 0.251. The van der Waals surface area contributed by atoms with E-state index in [0.717, 1.165) is 40.7 Å². The quantitative estimate of drug-likeness (QED) is 0.232. The molecule has 0 aliphatic carbocycles. The molecule has 1 fully saturated rings. The van der Waals surface area contributed by atoms with Crippen LogP contribution in [-0.4, -0.2) is 38.3 Å². The second-order valence-corrected chi connectivity index (χ2v) is 10.7. The van der Waals surface area contributed by atoms with Crippen molar-refractivity contribution in [3.8, 4) is 5.75 Å². The van der Waals surface area contributed by atoms with Gasteiger partial charge in [0.25, 0.3) is 0 Å². The first-order chi connectivity index (χ1) is 17.8. The summed E-state index contributed by atoms with van der Waals surface area (Å²) in [7, 11) is 1.68. The summed E-state index contributed by atoms with van der Waals surface area (Å²) in [5.74, 6) is 0.790. The van der Waals surface area contributed by atoms with E-state index >= 15 is 0 Å². The summed E-state index contributed by atoms with van der Waals surface area (Å²) in [6.45, 7) is 6.60. The highest BCUT2D eigenvalue weighted by molar-refractivity contribution is 8.00. The molecule has 2 atom stereocenters. The molecule has 1 heterocycles. The summed E-state index contributed by atoms with van der Waals surface area (Å²) in [5, 5.41) is 10.1. The number of methoxy groups -OCH3 is 1. The zero-order valence-corrected chi connectivity index (χ0v) is 23.3. The van der Waals surface area contributed by atoms with Gasteiger partial charge in [-0.2, -0.15) is 0 Å². The van der Waals surface area contributed by atoms with Crippen LogP contribution in [0.3, 0.4) is 0 Å². The molecule has 0 bridgehead atoms. The molecule has 3 aromatic carbocycles. The zero-order valence-electron chi connectivity index (χ0n) is 21.0. The van der Waals surface area contributed by atoms with E-state index in [1.165, 1.54) is 11.9 Å². The number of nitrogens with one attached hydrogen (secondary N) is 4. The van der Waals surface area contributed by atoms with Gasteiger partial charge in [0.05, 0.1) is 22.8 Å². The van der Waals surface area contributed by atoms with Gasteiger partial charge < -0.3 is 30.3 Å². The molecule has 1 aliphatic rings. The molecule has 0 aromatic heterocycles. The topological polar surface area (TPSA) is 77.7 Å². The van der Waals surface area contributed by atoms with E-state index in [4.69, 9.17) is 27.9 Å². The van der Waals surface area contributed by atoms with E-state index in [1.807, 2.05) is 36.4 Å². The Balaban J connectivity index is 1.30.